The number of hydrogen-bond donors (Lipinski definition) is 1. The van der Waals surface area contributed by atoms with Crippen LogP contribution in [0.4, 0.5) is 0 Å². The lowest BCUT2D eigenvalue weighted by molar-refractivity contribution is 0.0837. The second-order valence-corrected chi connectivity index (χ2v) is 8.28. The predicted octanol–water partition coefficient (Wildman–Crippen LogP) is 6.52. The number of nitrogens with one attached hydrogen (secondary N) is 1. The van der Waals surface area contributed by atoms with Gasteiger partial charge in [-0.15, -0.1) is 0 Å². The molecule has 1 aliphatic heterocycles. The molecule has 5 rings (SSSR count). The fourth-order valence-corrected chi connectivity index (χ4v) is 4.24. The molecule has 0 aromatic heterocycles. The zero-order chi connectivity index (χ0) is 24.0. The Morgan fingerprint density at radius 3 is 1.91 bits per heavy atom. The van der Waals surface area contributed by atoms with E-state index in [2.05, 4.69) is 54.0 Å². The molecule has 0 fully saturated rings. The summed E-state index contributed by atoms with van der Waals surface area (Å²) < 4.78 is 5.24. The van der Waals surface area contributed by atoms with Gasteiger partial charge in [0.2, 0.25) is 0 Å². The molecule has 4 nitrogen and oxygen atoms in total. The number of amides is 1. The summed E-state index contributed by atoms with van der Waals surface area (Å²) in [6.07, 6.45) is 4.34. The van der Waals surface area contributed by atoms with E-state index in [4.69, 9.17) is 4.74 Å². The summed E-state index contributed by atoms with van der Waals surface area (Å²) in [7, 11) is 1.61. The molecule has 1 N–H and O–H groups in total. The summed E-state index contributed by atoms with van der Waals surface area (Å²) in [6, 6.07) is 37.6. The quantitative estimate of drug-likeness (QED) is 0.358. The van der Waals surface area contributed by atoms with Crippen LogP contribution in [0, 0.1) is 0 Å². The molecule has 0 saturated heterocycles. The van der Waals surface area contributed by atoms with Gasteiger partial charge in [0.15, 0.2) is 0 Å². The van der Waals surface area contributed by atoms with Crippen molar-refractivity contribution in [1.82, 2.24) is 10.4 Å². The monoisotopic (exact) mass is 458 g/mol. The highest BCUT2D eigenvalue weighted by molar-refractivity contribution is 5.95. The van der Waals surface area contributed by atoms with E-state index in [0.717, 1.165) is 28.0 Å². The third-order valence-corrected chi connectivity index (χ3v) is 6.06. The lowest BCUT2D eigenvalue weighted by atomic mass is 9.92. The van der Waals surface area contributed by atoms with Crippen LogP contribution < -0.4 is 10.2 Å². The lowest BCUT2D eigenvalue weighted by Gasteiger charge is -2.37. The Balaban J connectivity index is 1.60. The molecule has 1 aliphatic rings. The van der Waals surface area contributed by atoms with Crippen molar-refractivity contribution >= 4 is 17.2 Å². The van der Waals surface area contributed by atoms with Gasteiger partial charge in [-0.3, -0.25) is 15.2 Å². The van der Waals surface area contributed by atoms with Crippen LogP contribution in [0.3, 0.4) is 0 Å². The van der Waals surface area contributed by atoms with Crippen LogP contribution in [0.15, 0.2) is 127 Å². The average molecular weight is 459 g/mol. The van der Waals surface area contributed by atoms with Crippen LogP contribution in [-0.2, 0) is 0 Å². The summed E-state index contributed by atoms with van der Waals surface area (Å²) in [5, 5.41) is 1.96. The van der Waals surface area contributed by atoms with Crippen LogP contribution in [0.1, 0.15) is 33.1 Å². The Morgan fingerprint density at radius 2 is 1.31 bits per heavy atom. The van der Waals surface area contributed by atoms with Crippen LogP contribution in [-0.4, -0.2) is 18.0 Å². The van der Waals surface area contributed by atoms with Crippen molar-refractivity contribution in [2.75, 3.05) is 7.11 Å². The summed E-state index contributed by atoms with van der Waals surface area (Å²) in [6.45, 7) is 0. The van der Waals surface area contributed by atoms with E-state index in [-0.39, 0.29) is 11.9 Å². The Kier molecular flexibility index (Phi) is 6.44. The number of hydrazine groups is 1. The van der Waals surface area contributed by atoms with Gasteiger partial charge in [0, 0.05) is 5.56 Å². The molecule has 4 aromatic rings. The summed E-state index contributed by atoms with van der Waals surface area (Å²) in [5.74, 6) is 0.522. The number of carbonyl (C=O) groups excluding carboxylic acids is 1. The number of rotatable bonds is 6. The summed E-state index contributed by atoms with van der Waals surface area (Å²) in [4.78, 5) is 13.4. The number of allylic oxidation sites excluding steroid dienone is 2. The highest BCUT2D eigenvalue weighted by atomic mass is 16.5. The molecule has 0 radical (unpaired) electrons. The maximum Gasteiger partial charge on any atom is 0.269 e. The highest BCUT2D eigenvalue weighted by Gasteiger charge is 2.28. The van der Waals surface area contributed by atoms with Crippen molar-refractivity contribution in [3.05, 3.63) is 150 Å². The van der Waals surface area contributed by atoms with Crippen LogP contribution in [0.2, 0.25) is 0 Å². The zero-order valence-corrected chi connectivity index (χ0v) is 19.5. The third-order valence-electron chi connectivity index (χ3n) is 6.06. The number of nitrogens with zero attached hydrogens (tertiary/aromatic N) is 1. The third kappa shape index (κ3) is 4.87. The number of methoxy groups -OCH3 is 1. The van der Waals surface area contributed by atoms with Gasteiger partial charge in [-0.1, -0.05) is 91.0 Å². The van der Waals surface area contributed by atoms with Gasteiger partial charge >= 0.3 is 0 Å². The first-order chi connectivity index (χ1) is 17.2. The molecule has 1 heterocycles. The molecule has 0 bridgehead atoms. The SMILES string of the molecule is COc1ccc(C(=O)NN2C(c3ccccc3)=CC(c3ccccc3)=CC2c2ccccc2)cc1. The fraction of sp³-hybridized carbons (Fsp3) is 0.0645. The Bertz CT molecular complexity index is 1350. The van der Waals surface area contributed by atoms with E-state index >= 15 is 0 Å². The fourth-order valence-electron chi connectivity index (χ4n) is 4.24. The molecule has 35 heavy (non-hydrogen) atoms. The number of benzene rings is 4. The second kappa shape index (κ2) is 10.1. The lowest BCUT2D eigenvalue weighted by Crippen LogP contribution is -2.44. The van der Waals surface area contributed by atoms with Crippen LogP contribution in [0.5, 0.6) is 5.75 Å². The number of carbonyl (C=O) groups is 1. The van der Waals surface area contributed by atoms with E-state index < -0.39 is 0 Å². The average Bonchev–Trinajstić information content (AvgIpc) is 2.94. The molecule has 1 amide bonds. The Hall–Kier alpha value is -4.57. The number of hydrogen-bond acceptors (Lipinski definition) is 3. The van der Waals surface area contributed by atoms with E-state index in [0.29, 0.717) is 11.3 Å². The van der Waals surface area contributed by atoms with Gasteiger partial charge in [0.25, 0.3) is 5.91 Å². The van der Waals surface area contributed by atoms with E-state index in [1.807, 2.05) is 59.6 Å². The largest absolute Gasteiger partial charge is 0.497 e. The van der Waals surface area contributed by atoms with Gasteiger partial charge in [-0.2, -0.15) is 0 Å². The molecule has 172 valence electrons. The standard InChI is InChI=1S/C31H26N2O2/c1-35-28-19-17-26(18-20-28)31(34)32-33-29(24-13-7-3-8-14-24)21-27(23-11-5-2-6-12-23)22-30(33)25-15-9-4-10-16-25/h2-22,29H,1H3,(H,32,34). The van der Waals surface area contributed by atoms with E-state index in [9.17, 15) is 4.79 Å². The molecule has 4 heteroatoms. The minimum absolute atomic E-state index is 0.188. The minimum atomic E-state index is -0.200. The highest BCUT2D eigenvalue weighted by Crippen LogP contribution is 2.38. The maximum atomic E-state index is 13.4. The molecule has 1 atom stereocenters. The van der Waals surface area contributed by atoms with Crippen molar-refractivity contribution < 1.29 is 9.53 Å². The predicted molar refractivity (Wildman–Crippen MR) is 140 cm³/mol. The van der Waals surface area contributed by atoms with Gasteiger partial charge in [-0.25, -0.2) is 0 Å². The summed E-state index contributed by atoms with van der Waals surface area (Å²) in [5.41, 5.74) is 8.99. The maximum absolute atomic E-state index is 13.4. The molecule has 4 aromatic carbocycles. The zero-order valence-electron chi connectivity index (χ0n) is 19.5. The minimum Gasteiger partial charge on any atom is -0.497 e. The topological polar surface area (TPSA) is 41.6 Å². The second-order valence-electron chi connectivity index (χ2n) is 8.28. The van der Waals surface area contributed by atoms with E-state index in [1.165, 1.54) is 0 Å². The molecular formula is C31H26N2O2. The van der Waals surface area contributed by atoms with Crippen molar-refractivity contribution in [3.8, 4) is 5.75 Å². The Morgan fingerprint density at radius 1 is 0.743 bits per heavy atom. The van der Waals surface area contributed by atoms with Crippen molar-refractivity contribution in [2.45, 2.75) is 6.04 Å². The van der Waals surface area contributed by atoms with Crippen molar-refractivity contribution in [3.63, 3.8) is 0 Å². The molecule has 0 spiro atoms. The molecule has 0 aliphatic carbocycles. The normalized spacial score (nSPS) is 15.1. The number of ether oxygens (including phenoxy) is 1. The Labute approximate surface area is 205 Å². The summed E-state index contributed by atoms with van der Waals surface area (Å²) >= 11 is 0. The van der Waals surface area contributed by atoms with Crippen LogP contribution in [0.25, 0.3) is 11.3 Å². The smallest absolute Gasteiger partial charge is 0.269 e. The van der Waals surface area contributed by atoms with Crippen molar-refractivity contribution in [2.24, 2.45) is 0 Å². The van der Waals surface area contributed by atoms with Crippen molar-refractivity contribution in [1.29, 1.82) is 0 Å². The first-order valence-electron chi connectivity index (χ1n) is 11.6. The molecule has 1 unspecified atom stereocenters. The first-order valence-corrected chi connectivity index (χ1v) is 11.6. The van der Waals surface area contributed by atoms with Crippen LogP contribution >= 0.6 is 0 Å². The molecular weight excluding hydrogens is 432 g/mol. The first kappa shape index (κ1) is 22.2. The van der Waals surface area contributed by atoms with Gasteiger partial charge in [-0.05, 0) is 58.7 Å². The molecule has 0 saturated carbocycles. The van der Waals surface area contributed by atoms with E-state index in [1.54, 1.807) is 31.4 Å². The van der Waals surface area contributed by atoms with Gasteiger partial charge in [0.1, 0.15) is 5.75 Å². The van der Waals surface area contributed by atoms with Gasteiger partial charge in [0.05, 0.1) is 18.8 Å². The van der Waals surface area contributed by atoms with Gasteiger partial charge < -0.3 is 4.74 Å².